The van der Waals surface area contributed by atoms with E-state index in [0.29, 0.717) is 22.8 Å². The van der Waals surface area contributed by atoms with Gasteiger partial charge < -0.3 is 15.4 Å². The lowest BCUT2D eigenvalue weighted by molar-refractivity contribution is -0.127. The predicted octanol–water partition coefficient (Wildman–Crippen LogP) is 1.91. The predicted molar refractivity (Wildman–Crippen MR) is 88.6 cm³/mol. The number of benzene rings is 1. The van der Waals surface area contributed by atoms with Crippen LogP contribution in [-0.4, -0.2) is 36.5 Å². The van der Waals surface area contributed by atoms with Gasteiger partial charge in [-0.2, -0.15) is 0 Å². The van der Waals surface area contributed by atoms with Gasteiger partial charge in [-0.05, 0) is 30.7 Å². The molecule has 2 aromatic rings. The average Bonchev–Trinajstić information content (AvgIpc) is 2.57. The Kier molecular flexibility index (Phi) is 6.17. The fourth-order valence-corrected chi connectivity index (χ4v) is 2.14. The molecule has 0 aliphatic carbocycles. The number of halogens is 1. The molecule has 0 fully saturated rings. The van der Waals surface area contributed by atoms with E-state index in [1.54, 1.807) is 24.4 Å². The third-order valence-corrected chi connectivity index (χ3v) is 3.39. The molecule has 0 saturated carbocycles. The number of aromatic nitrogens is 1. The van der Waals surface area contributed by atoms with Gasteiger partial charge in [0.2, 0.25) is 5.91 Å². The molecule has 1 aromatic heterocycles. The zero-order valence-electron chi connectivity index (χ0n) is 12.8. The number of amides is 2. The number of carbonyl (C=O) groups is 2. The number of nitrogens with zero attached hydrogens (tertiary/aromatic N) is 1. The lowest BCUT2D eigenvalue weighted by Gasteiger charge is -2.10. The summed E-state index contributed by atoms with van der Waals surface area (Å²) in [5, 5.41) is 6.49. The van der Waals surface area contributed by atoms with Gasteiger partial charge in [-0.1, -0.05) is 18.5 Å². The number of hydrogen-bond donors (Lipinski definition) is 2. The van der Waals surface area contributed by atoms with Crippen LogP contribution in [0, 0.1) is 0 Å². The van der Waals surface area contributed by atoms with Crippen LogP contribution in [0.15, 0.2) is 30.5 Å². The molecule has 0 aliphatic heterocycles. The van der Waals surface area contributed by atoms with Gasteiger partial charge in [0.25, 0.3) is 5.91 Å². The van der Waals surface area contributed by atoms with Crippen molar-refractivity contribution < 1.29 is 14.3 Å². The van der Waals surface area contributed by atoms with Gasteiger partial charge in [-0.15, -0.1) is 0 Å². The van der Waals surface area contributed by atoms with Crippen molar-refractivity contribution >= 4 is 34.3 Å². The monoisotopic (exact) mass is 335 g/mol. The van der Waals surface area contributed by atoms with E-state index in [9.17, 15) is 9.59 Å². The third kappa shape index (κ3) is 4.82. The molecule has 6 nitrogen and oxygen atoms in total. The quantitative estimate of drug-likeness (QED) is 0.810. The Morgan fingerprint density at radius 3 is 2.83 bits per heavy atom. The van der Waals surface area contributed by atoms with Gasteiger partial charge in [-0.25, -0.2) is 0 Å². The number of pyridine rings is 1. The Hall–Kier alpha value is -2.34. The molecule has 0 radical (unpaired) electrons. The second-order valence-electron chi connectivity index (χ2n) is 4.86. The van der Waals surface area contributed by atoms with Crippen LogP contribution in [-0.2, 0) is 9.59 Å². The molecule has 0 unspecified atom stereocenters. The van der Waals surface area contributed by atoms with Gasteiger partial charge in [0.1, 0.15) is 11.3 Å². The van der Waals surface area contributed by atoms with Gasteiger partial charge in [-0.3, -0.25) is 14.6 Å². The first-order valence-electron chi connectivity index (χ1n) is 7.31. The highest BCUT2D eigenvalue weighted by atomic mass is 35.5. The molecule has 23 heavy (non-hydrogen) atoms. The zero-order valence-corrected chi connectivity index (χ0v) is 13.5. The van der Waals surface area contributed by atoms with Crippen molar-refractivity contribution in [2.75, 3.05) is 19.7 Å². The first-order valence-corrected chi connectivity index (χ1v) is 7.69. The van der Waals surface area contributed by atoms with Crippen LogP contribution in [0.5, 0.6) is 5.75 Å². The fraction of sp³-hybridized carbons (Fsp3) is 0.312. The van der Waals surface area contributed by atoms with E-state index in [1.165, 1.54) is 0 Å². The summed E-state index contributed by atoms with van der Waals surface area (Å²) < 4.78 is 5.48. The molecule has 0 atom stereocenters. The number of hydrogen-bond acceptors (Lipinski definition) is 4. The molecule has 0 saturated heterocycles. The first kappa shape index (κ1) is 17.0. The van der Waals surface area contributed by atoms with Crippen molar-refractivity contribution in [2.24, 2.45) is 0 Å². The van der Waals surface area contributed by atoms with E-state index in [0.717, 1.165) is 11.8 Å². The topological polar surface area (TPSA) is 80.3 Å². The normalized spacial score (nSPS) is 10.3. The Morgan fingerprint density at radius 1 is 1.22 bits per heavy atom. The molecule has 7 heteroatoms. The summed E-state index contributed by atoms with van der Waals surface area (Å²) >= 11 is 6.10. The van der Waals surface area contributed by atoms with Crippen LogP contribution < -0.4 is 15.4 Å². The summed E-state index contributed by atoms with van der Waals surface area (Å²) in [6, 6.07) is 6.96. The minimum Gasteiger partial charge on any atom is -0.481 e. The van der Waals surface area contributed by atoms with Crippen molar-refractivity contribution in [3.05, 3.63) is 35.5 Å². The number of rotatable bonds is 7. The molecule has 122 valence electrons. The maximum Gasteiger partial charge on any atom is 0.258 e. The molecular weight excluding hydrogens is 318 g/mol. The van der Waals surface area contributed by atoms with E-state index >= 15 is 0 Å². The lowest BCUT2D eigenvalue weighted by atomic mass is 10.2. The molecule has 2 rings (SSSR count). The lowest BCUT2D eigenvalue weighted by Crippen LogP contribution is -2.39. The highest BCUT2D eigenvalue weighted by Crippen LogP contribution is 2.29. The van der Waals surface area contributed by atoms with Crippen molar-refractivity contribution in [3.63, 3.8) is 0 Å². The van der Waals surface area contributed by atoms with Crippen LogP contribution in [0.2, 0.25) is 5.02 Å². The maximum atomic E-state index is 11.7. The van der Waals surface area contributed by atoms with E-state index < -0.39 is 0 Å². The molecule has 1 aromatic carbocycles. The number of fused-ring (bicyclic) bond motifs is 1. The Balaban J connectivity index is 1.90. The van der Waals surface area contributed by atoms with E-state index in [-0.39, 0.29) is 25.0 Å². The van der Waals surface area contributed by atoms with Crippen molar-refractivity contribution in [2.45, 2.75) is 13.3 Å². The largest absolute Gasteiger partial charge is 0.481 e. The minimum atomic E-state index is -0.379. The van der Waals surface area contributed by atoms with Crippen LogP contribution in [0.3, 0.4) is 0 Å². The van der Waals surface area contributed by atoms with E-state index in [2.05, 4.69) is 15.6 Å². The fourth-order valence-electron chi connectivity index (χ4n) is 1.93. The van der Waals surface area contributed by atoms with Crippen LogP contribution >= 0.6 is 11.6 Å². The van der Waals surface area contributed by atoms with Gasteiger partial charge in [0.15, 0.2) is 6.61 Å². The van der Waals surface area contributed by atoms with Crippen LogP contribution in [0.4, 0.5) is 0 Å². The Labute approximate surface area is 139 Å². The summed E-state index contributed by atoms with van der Waals surface area (Å²) in [7, 11) is 0. The summed E-state index contributed by atoms with van der Waals surface area (Å²) in [5.41, 5.74) is 0.591. The molecule has 0 bridgehead atoms. The van der Waals surface area contributed by atoms with E-state index in [4.69, 9.17) is 16.3 Å². The second-order valence-corrected chi connectivity index (χ2v) is 5.27. The number of nitrogens with one attached hydrogen (secondary N) is 2. The molecule has 2 amide bonds. The number of carbonyl (C=O) groups excluding carboxylic acids is 2. The molecule has 0 aliphatic rings. The van der Waals surface area contributed by atoms with Crippen molar-refractivity contribution in [1.29, 1.82) is 0 Å². The van der Waals surface area contributed by atoms with Gasteiger partial charge in [0, 0.05) is 18.1 Å². The Morgan fingerprint density at radius 2 is 2.04 bits per heavy atom. The zero-order chi connectivity index (χ0) is 16.7. The number of ether oxygens (including phenoxy) is 1. The summed E-state index contributed by atoms with van der Waals surface area (Å²) in [4.78, 5) is 27.4. The molecular formula is C16H18ClN3O3. The molecule has 2 N–H and O–H groups in total. The summed E-state index contributed by atoms with van der Waals surface area (Å²) in [6.45, 7) is 2.28. The van der Waals surface area contributed by atoms with Gasteiger partial charge in [0.05, 0.1) is 11.6 Å². The average molecular weight is 336 g/mol. The smallest absolute Gasteiger partial charge is 0.258 e. The van der Waals surface area contributed by atoms with Crippen LogP contribution in [0.25, 0.3) is 10.9 Å². The standard InChI is InChI=1S/C16H18ClN3O3/c1-2-7-18-14(21)9-20-15(22)10-23-13-6-5-12(17)11-4-3-8-19-16(11)13/h3-6,8H,2,7,9-10H2,1H3,(H,18,21)(H,20,22). The SMILES string of the molecule is CCCNC(=O)CNC(=O)COc1ccc(Cl)c2cccnc12. The highest BCUT2D eigenvalue weighted by molar-refractivity contribution is 6.35. The molecule has 1 heterocycles. The summed E-state index contributed by atoms with van der Waals surface area (Å²) in [5.74, 6) is -0.134. The molecule has 0 spiro atoms. The van der Waals surface area contributed by atoms with Gasteiger partial charge >= 0.3 is 0 Å². The highest BCUT2D eigenvalue weighted by Gasteiger charge is 2.10. The van der Waals surface area contributed by atoms with Crippen molar-refractivity contribution in [1.82, 2.24) is 15.6 Å². The van der Waals surface area contributed by atoms with Crippen molar-refractivity contribution in [3.8, 4) is 5.75 Å². The minimum absolute atomic E-state index is 0.0676. The summed E-state index contributed by atoms with van der Waals surface area (Å²) in [6.07, 6.45) is 2.48. The third-order valence-electron chi connectivity index (χ3n) is 3.06. The van der Waals surface area contributed by atoms with E-state index in [1.807, 2.05) is 13.0 Å². The Bertz CT molecular complexity index is 706. The second kappa shape index (κ2) is 8.33. The first-order chi connectivity index (χ1) is 11.1. The maximum absolute atomic E-state index is 11.7. The van der Waals surface area contributed by atoms with Crippen LogP contribution in [0.1, 0.15) is 13.3 Å².